The van der Waals surface area contributed by atoms with Crippen molar-refractivity contribution in [3.8, 4) is 0 Å². The first kappa shape index (κ1) is 15.8. The van der Waals surface area contributed by atoms with Crippen LogP contribution in [0.5, 0.6) is 0 Å². The summed E-state index contributed by atoms with van der Waals surface area (Å²) in [7, 11) is -3.81. The van der Waals surface area contributed by atoms with E-state index in [0.717, 1.165) is 0 Å². The molecule has 21 heavy (non-hydrogen) atoms. The van der Waals surface area contributed by atoms with Gasteiger partial charge in [0.15, 0.2) is 0 Å². The van der Waals surface area contributed by atoms with Gasteiger partial charge in [0.1, 0.15) is 4.90 Å². The van der Waals surface area contributed by atoms with Gasteiger partial charge in [0, 0.05) is 15.7 Å². The second-order valence-corrected chi connectivity index (χ2v) is 7.10. The number of carbonyl (C=O) groups excluding carboxylic acids is 1. The monoisotopic (exact) mass is 388 g/mol. The summed E-state index contributed by atoms with van der Waals surface area (Å²) in [5, 5.41) is 0.102. The van der Waals surface area contributed by atoms with Gasteiger partial charge in [-0.2, -0.15) is 0 Å². The molecule has 5 nitrogen and oxygen atoms in total. The Balaban J connectivity index is 2.30. The number of nitrogens with two attached hydrogens (primary N) is 1. The van der Waals surface area contributed by atoms with E-state index < -0.39 is 15.9 Å². The standard InChI is InChI=1S/C13H10BrClN2O3S/c14-9-3-6-12(11(15)7-9)21(19,20)17-10-4-1-8(2-5-10)13(16)18/h1-7,17H,(H2,16,18). The summed E-state index contributed by atoms with van der Waals surface area (Å²) in [5.74, 6) is -0.583. The van der Waals surface area contributed by atoms with E-state index in [-0.39, 0.29) is 9.92 Å². The Morgan fingerprint density at radius 3 is 2.29 bits per heavy atom. The number of hydrogen-bond donors (Lipinski definition) is 2. The van der Waals surface area contributed by atoms with Gasteiger partial charge in [-0.25, -0.2) is 8.42 Å². The first-order chi connectivity index (χ1) is 9.79. The zero-order valence-corrected chi connectivity index (χ0v) is 13.7. The second-order valence-electron chi connectivity index (χ2n) is 4.12. The Bertz CT molecular complexity index is 792. The van der Waals surface area contributed by atoms with Gasteiger partial charge in [0.25, 0.3) is 10.0 Å². The van der Waals surface area contributed by atoms with E-state index in [4.69, 9.17) is 17.3 Å². The lowest BCUT2D eigenvalue weighted by atomic mass is 10.2. The van der Waals surface area contributed by atoms with Crippen molar-refractivity contribution in [1.29, 1.82) is 0 Å². The zero-order chi connectivity index (χ0) is 15.6. The Morgan fingerprint density at radius 2 is 1.76 bits per heavy atom. The van der Waals surface area contributed by atoms with E-state index in [1.807, 2.05) is 0 Å². The molecule has 0 saturated carbocycles. The number of nitrogens with one attached hydrogen (secondary N) is 1. The predicted molar refractivity (Wildman–Crippen MR) is 84.9 cm³/mol. The van der Waals surface area contributed by atoms with E-state index in [1.165, 1.54) is 36.4 Å². The number of carbonyl (C=O) groups is 1. The molecule has 0 aliphatic heterocycles. The van der Waals surface area contributed by atoms with E-state index in [9.17, 15) is 13.2 Å². The number of benzene rings is 2. The van der Waals surface area contributed by atoms with E-state index in [0.29, 0.717) is 15.7 Å². The highest BCUT2D eigenvalue weighted by molar-refractivity contribution is 9.10. The second kappa shape index (κ2) is 6.05. The summed E-state index contributed by atoms with van der Waals surface area (Å²) in [5.41, 5.74) is 5.71. The number of primary amides is 1. The van der Waals surface area contributed by atoms with Crippen LogP contribution >= 0.6 is 27.5 Å². The van der Waals surface area contributed by atoms with Gasteiger partial charge in [0.05, 0.1) is 5.02 Å². The minimum Gasteiger partial charge on any atom is -0.366 e. The van der Waals surface area contributed by atoms with E-state index in [1.54, 1.807) is 6.07 Å². The molecule has 8 heteroatoms. The zero-order valence-electron chi connectivity index (χ0n) is 10.5. The van der Waals surface area contributed by atoms with Crippen molar-refractivity contribution in [1.82, 2.24) is 0 Å². The summed E-state index contributed by atoms with van der Waals surface area (Å²) in [6.07, 6.45) is 0. The quantitative estimate of drug-likeness (QED) is 0.842. The summed E-state index contributed by atoms with van der Waals surface area (Å²) in [6.45, 7) is 0. The van der Waals surface area contributed by atoms with Gasteiger partial charge in [-0.05, 0) is 42.5 Å². The Morgan fingerprint density at radius 1 is 1.14 bits per heavy atom. The van der Waals surface area contributed by atoms with Gasteiger partial charge in [-0.3, -0.25) is 9.52 Å². The normalized spacial score (nSPS) is 11.1. The maximum atomic E-state index is 12.3. The van der Waals surface area contributed by atoms with Crippen LogP contribution < -0.4 is 10.5 Å². The molecular weight excluding hydrogens is 380 g/mol. The molecule has 2 rings (SSSR count). The number of sulfonamides is 1. The lowest BCUT2D eigenvalue weighted by Crippen LogP contribution is -2.14. The van der Waals surface area contributed by atoms with Crippen LogP contribution in [0.25, 0.3) is 0 Å². The van der Waals surface area contributed by atoms with Crippen LogP contribution in [0, 0.1) is 0 Å². The maximum Gasteiger partial charge on any atom is 0.263 e. The molecule has 0 radical (unpaired) electrons. The van der Waals surface area contributed by atoms with Crippen molar-refractivity contribution >= 4 is 49.1 Å². The third kappa shape index (κ3) is 3.75. The molecule has 0 atom stereocenters. The SMILES string of the molecule is NC(=O)c1ccc(NS(=O)(=O)c2ccc(Br)cc2Cl)cc1. The molecule has 0 aliphatic rings. The van der Waals surface area contributed by atoms with Crippen LogP contribution in [0.2, 0.25) is 5.02 Å². The van der Waals surface area contributed by atoms with Crippen LogP contribution in [-0.2, 0) is 10.0 Å². The smallest absolute Gasteiger partial charge is 0.263 e. The molecule has 2 aromatic carbocycles. The lowest BCUT2D eigenvalue weighted by molar-refractivity contribution is 0.100. The first-order valence-electron chi connectivity index (χ1n) is 5.67. The minimum absolute atomic E-state index is 0.0358. The number of rotatable bonds is 4. The Kier molecular flexibility index (Phi) is 4.55. The minimum atomic E-state index is -3.81. The average molecular weight is 390 g/mol. The highest BCUT2D eigenvalue weighted by Crippen LogP contribution is 2.26. The fraction of sp³-hybridized carbons (Fsp3) is 0. The predicted octanol–water partition coefficient (Wildman–Crippen LogP) is 3.00. The Labute approximate surface area is 135 Å². The van der Waals surface area contributed by atoms with Crippen LogP contribution in [-0.4, -0.2) is 14.3 Å². The molecule has 0 saturated heterocycles. The van der Waals surface area contributed by atoms with Gasteiger partial charge < -0.3 is 5.73 Å². The summed E-state index contributed by atoms with van der Waals surface area (Å²) < 4.78 is 27.6. The maximum absolute atomic E-state index is 12.3. The first-order valence-corrected chi connectivity index (χ1v) is 8.33. The van der Waals surface area contributed by atoms with Gasteiger partial charge in [0.2, 0.25) is 5.91 Å². The number of amides is 1. The fourth-order valence-corrected chi connectivity index (χ4v) is 3.70. The molecule has 0 bridgehead atoms. The van der Waals surface area contributed by atoms with Crippen LogP contribution in [0.15, 0.2) is 51.8 Å². The summed E-state index contributed by atoms with van der Waals surface area (Å²) in [6, 6.07) is 10.2. The van der Waals surface area contributed by atoms with Crippen molar-refractivity contribution in [2.75, 3.05) is 4.72 Å². The largest absolute Gasteiger partial charge is 0.366 e. The summed E-state index contributed by atoms with van der Waals surface area (Å²) in [4.78, 5) is 10.9. The van der Waals surface area contributed by atoms with Gasteiger partial charge >= 0.3 is 0 Å². The Hall–Kier alpha value is -1.57. The molecule has 2 aromatic rings. The topological polar surface area (TPSA) is 89.3 Å². The molecule has 0 spiro atoms. The molecular formula is C13H10BrClN2O3S. The highest BCUT2D eigenvalue weighted by Gasteiger charge is 2.18. The summed E-state index contributed by atoms with van der Waals surface area (Å²) >= 11 is 9.14. The van der Waals surface area contributed by atoms with E-state index in [2.05, 4.69) is 20.7 Å². The molecule has 0 fully saturated rings. The molecule has 110 valence electrons. The fourth-order valence-electron chi connectivity index (χ4n) is 1.61. The van der Waals surface area contributed by atoms with Crippen LogP contribution in [0.1, 0.15) is 10.4 Å². The molecule has 0 aliphatic carbocycles. The molecule has 0 heterocycles. The number of halogens is 2. The van der Waals surface area contributed by atoms with Gasteiger partial charge in [-0.1, -0.05) is 27.5 Å². The van der Waals surface area contributed by atoms with Crippen LogP contribution in [0.3, 0.4) is 0 Å². The van der Waals surface area contributed by atoms with Crippen molar-refractivity contribution in [2.24, 2.45) is 5.73 Å². The third-order valence-corrected chi connectivity index (χ3v) is 4.96. The molecule has 0 unspecified atom stereocenters. The third-order valence-electron chi connectivity index (χ3n) is 2.61. The molecule has 0 aromatic heterocycles. The van der Waals surface area contributed by atoms with Crippen molar-refractivity contribution in [3.05, 3.63) is 57.5 Å². The number of anilines is 1. The molecule has 3 N–H and O–H groups in total. The highest BCUT2D eigenvalue weighted by atomic mass is 79.9. The average Bonchev–Trinajstić information content (AvgIpc) is 2.38. The number of hydrogen-bond acceptors (Lipinski definition) is 3. The van der Waals surface area contributed by atoms with Crippen molar-refractivity contribution in [3.63, 3.8) is 0 Å². The molecule has 1 amide bonds. The van der Waals surface area contributed by atoms with Gasteiger partial charge in [-0.15, -0.1) is 0 Å². The van der Waals surface area contributed by atoms with Crippen molar-refractivity contribution < 1.29 is 13.2 Å². The van der Waals surface area contributed by atoms with E-state index >= 15 is 0 Å². The lowest BCUT2D eigenvalue weighted by Gasteiger charge is -2.10. The van der Waals surface area contributed by atoms with Crippen LogP contribution in [0.4, 0.5) is 5.69 Å². The van der Waals surface area contributed by atoms with Crippen molar-refractivity contribution in [2.45, 2.75) is 4.90 Å².